The normalized spacial score (nSPS) is 34.6. The highest BCUT2D eigenvalue weighted by molar-refractivity contribution is 7.88. The molecule has 5 rings (SSSR count). The van der Waals surface area contributed by atoms with Crippen LogP contribution in [0.2, 0.25) is 0 Å². The molecule has 0 spiro atoms. The van der Waals surface area contributed by atoms with Gasteiger partial charge in [-0.2, -0.15) is 4.98 Å². The highest BCUT2D eigenvalue weighted by atomic mass is 32.2. The van der Waals surface area contributed by atoms with Crippen molar-refractivity contribution in [1.29, 1.82) is 0 Å². The fraction of sp³-hybridized carbons (Fsp3) is 0.750. The minimum Gasteiger partial charge on any atom is -0.388 e. The lowest BCUT2D eigenvalue weighted by Crippen LogP contribution is -2.53. The zero-order valence-electron chi connectivity index (χ0n) is 17.4. The van der Waals surface area contributed by atoms with Gasteiger partial charge in [-0.15, -0.1) is 0 Å². The van der Waals surface area contributed by atoms with Crippen molar-refractivity contribution in [2.75, 3.05) is 29.6 Å². The second-order valence-electron chi connectivity index (χ2n) is 9.48. The number of hydrogen-bond donors (Lipinski definition) is 2. The number of hydrogen-bond acceptors (Lipinski definition) is 7. The van der Waals surface area contributed by atoms with Crippen LogP contribution in [-0.4, -0.2) is 70.7 Å². The number of nitrogens with one attached hydrogen (secondary N) is 1. The molecule has 1 aromatic heterocycles. The summed E-state index contributed by atoms with van der Waals surface area (Å²) in [5.41, 5.74) is 0.0887. The minimum absolute atomic E-state index is 0.00312. The third-order valence-corrected chi connectivity index (χ3v) is 8.52. The zero-order chi connectivity index (χ0) is 21.3. The summed E-state index contributed by atoms with van der Waals surface area (Å²) >= 11 is 0. The van der Waals surface area contributed by atoms with Crippen LogP contribution >= 0.6 is 0 Å². The van der Waals surface area contributed by atoms with Crippen LogP contribution < -0.4 is 10.2 Å². The summed E-state index contributed by atoms with van der Waals surface area (Å²) in [5, 5.41) is 14.2. The van der Waals surface area contributed by atoms with Gasteiger partial charge in [0.1, 0.15) is 5.82 Å². The molecule has 2 aliphatic heterocycles. The van der Waals surface area contributed by atoms with Crippen molar-refractivity contribution in [3.63, 3.8) is 0 Å². The topological polar surface area (TPSA) is 116 Å². The van der Waals surface area contributed by atoms with E-state index in [4.69, 9.17) is 4.98 Å². The van der Waals surface area contributed by atoms with Gasteiger partial charge in [0.05, 0.1) is 17.9 Å². The van der Waals surface area contributed by atoms with Gasteiger partial charge in [0.2, 0.25) is 21.9 Å². The van der Waals surface area contributed by atoms with E-state index in [1.165, 1.54) is 10.6 Å². The average molecular weight is 436 g/mol. The van der Waals surface area contributed by atoms with E-state index in [1.54, 1.807) is 4.90 Å². The van der Waals surface area contributed by atoms with E-state index < -0.39 is 15.6 Å². The molecular weight excluding hydrogens is 406 g/mol. The van der Waals surface area contributed by atoms with Crippen molar-refractivity contribution < 1.29 is 18.3 Å². The van der Waals surface area contributed by atoms with Crippen LogP contribution in [0.15, 0.2) is 6.20 Å². The smallest absolute Gasteiger partial charge is 0.232 e. The number of aliphatic hydroxyl groups is 1. The quantitative estimate of drug-likeness (QED) is 0.727. The molecule has 2 saturated carbocycles. The molecule has 4 unspecified atom stereocenters. The Hall–Kier alpha value is -1.78. The van der Waals surface area contributed by atoms with Crippen LogP contribution in [0.3, 0.4) is 0 Å². The van der Waals surface area contributed by atoms with Crippen LogP contribution in [0.4, 0.5) is 11.8 Å². The van der Waals surface area contributed by atoms with Crippen LogP contribution in [0.5, 0.6) is 0 Å². The minimum atomic E-state index is -3.16. The molecule has 4 atom stereocenters. The maximum absolute atomic E-state index is 13.1. The first-order valence-electron chi connectivity index (χ1n) is 10.8. The Morgan fingerprint density at radius 2 is 1.97 bits per heavy atom. The van der Waals surface area contributed by atoms with Crippen LogP contribution in [0.1, 0.15) is 56.9 Å². The van der Waals surface area contributed by atoms with Gasteiger partial charge in [-0.05, 0) is 45.4 Å². The Labute approximate surface area is 176 Å². The lowest BCUT2D eigenvalue weighted by Gasteiger charge is -2.38. The van der Waals surface area contributed by atoms with E-state index in [2.05, 4.69) is 10.3 Å². The molecule has 0 bridgehead atoms. The SMILES string of the molecule is CC1(O)CCCC1N1C(=O)C2CC2c2cnc(NC3CCN(S(C)(=O)=O)CC3)nc21. The van der Waals surface area contributed by atoms with Crippen molar-refractivity contribution in [2.24, 2.45) is 5.92 Å². The molecule has 3 fully saturated rings. The number of nitrogens with zero attached hydrogens (tertiary/aromatic N) is 4. The summed E-state index contributed by atoms with van der Waals surface area (Å²) in [5.74, 6) is 1.36. The molecule has 4 aliphatic rings. The van der Waals surface area contributed by atoms with Crippen molar-refractivity contribution >= 4 is 27.7 Å². The van der Waals surface area contributed by atoms with Crippen LogP contribution in [-0.2, 0) is 14.8 Å². The summed E-state index contributed by atoms with van der Waals surface area (Å²) in [4.78, 5) is 24.1. The number of carbonyl (C=O) groups excluding carboxylic acids is 1. The molecular formula is C20H29N5O4S. The van der Waals surface area contributed by atoms with Gasteiger partial charge < -0.3 is 10.4 Å². The Morgan fingerprint density at radius 1 is 1.23 bits per heavy atom. The highest BCUT2D eigenvalue weighted by Gasteiger charge is 2.56. The van der Waals surface area contributed by atoms with Crippen molar-refractivity contribution in [2.45, 2.75) is 69.1 Å². The summed E-state index contributed by atoms with van der Waals surface area (Å²) in [6.07, 6.45) is 7.59. The Morgan fingerprint density at radius 3 is 2.60 bits per heavy atom. The van der Waals surface area contributed by atoms with Gasteiger partial charge in [-0.3, -0.25) is 9.69 Å². The summed E-state index contributed by atoms with van der Waals surface area (Å²) in [6, 6.07) is -0.178. The predicted octanol–water partition coefficient (Wildman–Crippen LogP) is 1.07. The predicted molar refractivity (Wildman–Crippen MR) is 112 cm³/mol. The maximum Gasteiger partial charge on any atom is 0.232 e. The number of fused-ring (bicyclic) bond motifs is 3. The number of aromatic nitrogens is 2. The Balaban J connectivity index is 1.38. The van der Waals surface area contributed by atoms with Crippen molar-refractivity contribution in [3.8, 4) is 0 Å². The lowest BCUT2D eigenvalue weighted by atomic mass is 9.95. The van der Waals surface area contributed by atoms with Crippen molar-refractivity contribution in [3.05, 3.63) is 11.8 Å². The first kappa shape index (κ1) is 20.1. The molecule has 1 aromatic rings. The van der Waals surface area contributed by atoms with E-state index in [-0.39, 0.29) is 29.8 Å². The number of anilines is 2. The summed E-state index contributed by atoms with van der Waals surface area (Å²) in [7, 11) is -3.16. The first-order chi connectivity index (χ1) is 14.1. The van der Waals surface area contributed by atoms with E-state index in [0.717, 1.165) is 24.8 Å². The fourth-order valence-corrected chi connectivity index (χ4v) is 6.23. The third-order valence-electron chi connectivity index (χ3n) is 7.21. The van der Waals surface area contributed by atoms with Gasteiger partial charge in [0.25, 0.3) is 0 Å². The number of amides is 1. The maximum atomic E-state index is 13.1. The molecule has 164 valence electrons. The van der Waals surface area contributed by atoms with Crippen LogP contribution in [0, 0.1) is 5.92 Å². The monoisotopic (exact) mass is 435 g/mol. The van der Waals surface area contributed by atoms with Gasteiger partial charge in [-0.25, -0.2) is 17.7 Å². The molecule has 1 saturated heterocycles. The molecule has 9 nitrogen and oxygen atoms in total. The van der Waals surface area contributed by atoms with E-state index >= 15 is 0 Å². The third kappa shape index (κ3) is 3.38. The van der Waals surface area contributed by atoms with E-state index in [1.807, 2.05) is 13.1 Å². The summed E-state index contributed by atoms with van der Waals surface area (Å²) < 4.78 is 24.9. The number of rotatable bonds is 4. The van der Waals surface area contributed by atoms with Gasteiger partial charge in [0.15, 0.2) is 0 Å². The largest absolute Gasteiger partial charge is 0.388 e. The van der Waals surface area contributed by atoms with Gasteiger partial charge >= 0.3 is 0 Å². The molecule has 10 heteroatoms. The second kappa shape index (κ2) is 6.86. The standard InChI is InChI=1S/C20H29N5O4S/c1-20(27)7-3-4-16(20)25-17-15(13-10-14(13)18(25)26)11-21-19(23-17)22-12-5-8-24(9-6-12)30(2,28)29/h11-14,16,27H,3-10H2,1-2H3,(H,21,22,23). The molecule has 0 radical (unpaired) electrons. The van der Waals surface area contributed by atoms with Crippen LogP contribution in [0.25, 0.3) is 0 Å². The molecule has 3 heterocycles. The van der Waals surface area contributed by atoms with E-state index in [9.17, 15) is 18.3 Å². The number of piperidine rings is 1. The van der Waals surface area contributed by atoms with Gasteiger partial charge in [-0.1, -0.05) is 0 Å². The zero-order valence-corrected chi connectivity index (χ0v) is 18.2. The lowest BCUT2D eigenvalue weighted by molar-refractivity contribution is -0.121. The Kier molecular flexibility index (Phi) is 4.61. The highest BCUT2D eigenvalue weighted by Crippen LogP contribution is 2.56. The number of carbonyl (C=O) groups is 1. The Bertz CT molecular complexity index is 973. The molecule has 2 N–H and O–H groups in total. The van der Waals surface area contributed by atoms with Gasteiger partial charge in [0, 0.05) is 42.7 Å². The number of sulfonamides is 1. The first-order valence-corrected chi connectivity index (χ1v) is 12.6. The molecule has 2 aliphatic carbocycles. The summed E-state index contributed by atoms with van der Waals surface area (Å²) in [6.45, 7) is 2.76. The average Bonchev–Trinajstić information content (AvgIpc) is 3.40. The molecule has 30 heavy (non-hydrogen) atoms. The fourth-order valence-electron chi connectivity index (χ4n) is 5.35. The van der Waals surface area contributed by atoms with E-state index in [0.29, 0.717) is 44.1 Å². The molecule has 0 aromatic carbocycles. The van der Waals surface area contributed by atoms with Crippen molar-refractivity contribution in [1.82, 2.24) is 14.3 Å². The second-order valence-corrected chi connectivity index (χ2v) is 11.5. The molecule has 1 amide bonds.